The topological polar surface area (TPSA) is 554 Å². The first kappa shape index (κ1) is 57.3. The zero-order chi connectivity index (χ0) is 51.0. The zero-order valence-electron chi connectivity index (χ0n) is 33.3. The summed E-state index contributed by atoms with van der Waals surface area (Å²) in [6, 6.07) is 1.26. The van der Waals surface area contributed by atoms with E-state index in [1.165, 1.54) is 19.9 Å². The van der Waals surface area contributed by atoms with Crippen LogP contribution >= 0.6 is 46.9 Å². The van der Waals surface area contributed by atoms with Crippen LogP contribution in [-0.2, 0) is 63.2 Å². The van der Waals surface area contributed by atoms with Crippen molar-refractivity contribution in [2.24, 2.45) is 0 Å². The van der Waals surface area contributed by atoms with E-state index in [0.717, 1.165) is 24.6 Å². The molecule has 14 atom stereocenters. The van der Waals surface area contributed by atoms with Gasteiger partial charge in [0, 0.05) is 5.69 Å². The van der Waals surface area contributed by atoms with Gasteiger partial charge in [-0.1, -0.05) is 11.8 Å². The van der Waals surface area contributed by atoms with Crippen molar-refractivity contribution in [1.82, 2.24) is 24.3 Å². The smallest absolute Gasteiger partial charge is 0.386 e. The van der Waals surface area contributed by atoms with Gasteiger partial charge in [0.05, 0.1) is 18.4 Å². The van der Waals surface area contributed by atoms with E-state index < -0.39 is 119 Å². The van der Waals surface area contributed by atoms with Gasteiger partial charge in [0.25, 0.3) is 0 Å². The number of aryl methyl sites for hydroxylation is 1. The summed E-state index contributed by atoms with van der Waals surface area (Å²) in [6.45, 7) is 4.70. The molecule has 2 aliphatic rings. The summed E-state index contributed by atoms with van der Waals surface area (Å²) in [4.78, 5) is 103. The predicted molar refractivity (Wildman–Crippen MR) is 209 cm³/mol. The van der Waals surface area contributed by atoms with Gasteiger partial charge in [0.1, 0.15) is 36.1 Å². The molecule has 2 saturated heterocycles. The van der Waals surface area contributed by atoms with Crippen molar-refractivity contribution >= 4 is 58.6 Å². The molecule has 35 nitrogen and oxygen atoms in total. The van der Waals surface area contributed by atoms with Gasteiger partial charge in [-0.2, -0.15) is 37.0 Å². The summed E-state index contributed by atoms with van der Waals surface area (Å²) in [5.41, 5.74) is 3.73. The third-order valence-electron chi connectivity index (χ3n) is 8.12. The Hall–Kier alpha value is -3.01. The number of nitrogen functional groups attached to an aromatic ring is 2. The SMILES string of the molecule is C#CC1(O)[C@@H](O)[C@@H]([C@@H](C)OP(=O)(O)OP(=O)(O)OP(=O)(O)O)O[C@H]1n1ncc(N)nc1=O.CC#CC1(O)[C@@H](O)[C@@H]([C@@H](C)OP(=O)(O)OP(=O)(O)OP(=O)(O)O)O[C@H]1n1c(C)cc(N)nc1=O. The van der Waals surface area contributed by atoms with Gasteiger partial charge < -0.3 is 80.5 Å². The Bertz CT molecular complexity index is 2680. The molecule has 66 heavy (non-hydrogen) atoms. The molecule has 0 spiro atoms. The zero-order valence-corrected chi connectivity index (χ0v) is 38.7. The minimum atomic E-state index is -5.80. The lowest BCUT2D eigenvalue weighted by atomic mass is 9.92. The molecule has 2 fully saturated rings. The molecule has 0 radical (unpaired) electrons. The minimum absolute atomic E-state index is 0.139. The number of aliphatic hydroxyl groups excluding tert-OH is 2. The Balaban J connectivity index is 0.000000351. The number of hydrogen-bond donors (Lipinski definition) is 14. The molecule has 0 aromatic carbocycles. The maximum atomic E-state index is 12.4. The van der Waals surface area contributed by atoms with Crippen molar-refractivity contribution in [2.45, 2.75) is 88.0 Å². The standard InChI is InChI=1S/C14H22N3O14P3.C11H17N4O14P3/c1-4-5-14(20)11(18)10(28-12(14)17-7(2)6-9(15)16-13(17)19)8(3)29-33(24,25)31-34(26,27)30-32(21,22)23;1-3-11(18)8(16)7(26-9(11)15-10(17)14-6(12)4-13-15)5(2)27-31(22,23)29-32(24,25)28-30(19,20)21/h6,8,10-12,18,20H,1-3H3,(H,24,25)(H,26,27)(H2,15,16,19)(H2,21,22,23);1,4-5,7-9,16,18H,2H3,(H,22,23)(H,24,25)(H2,12,14,17)(H2,19,20,21)/t8-,10-,11+,12-,14?;5-,7-,8+,9-,11?/m11/s1. The molecule has 372 valence electrons. The van der Waals surface area contributed by atoms with Crippen LogP contribution in [0.1, 0.15) is 38.9 Å². The number of phosphoric ester groups is 2. The Morgan fingerprint density at radius 3 is 1.55 bits per heavy atom. The maximum absolute atomic E-state index is 12.4. The number of aromatic nitrogens is 5. The molecule has 16 N–H and O–H groups in total. The molecular formula is C25H39N7O28P6. The van der Waals surface area contributed by atoms with E-state index in [9.17, 15) is 77.0 Å². The number of phosphoric acid groups is 6. The van der Waals surface area contributed by atoms with E-state index >= 15 is 0 Å². The molecule has 41 heteroatoms. The van der Waals surface area contributed by atoms with Crippen molar-refractivity contribution in [3.05, 3.63) is 38.9 Å². The molecule has 2 aromatic rings. The first-order valence-electron chi connectivity index (χ1n) is 17.0. The number of aliphatic hydroxyl groups is 4. The van der Waals surface area contributed by atoms with Gasteiger partial charge in [0.15, 0.2) is 18.1 Å². The fourth-order valence-corrected chi connectivity index (χ4v) is 12.2. The third kappa shape index (κ3) is 14.5. The fraction of sp³-hybridized carbons (Fsp3) is 0.560. The average Bonchev–Trinajstić information content (AvgIpc) is 3.49. The molecule has 2 aliphatic heterocycles. The number of nitrogens with zero attached hydrogens (tertiary/aromatic N) is 5. The minimum Gasteiger partial charge on any atom is -0.386 e. The lowest BCUT2D eigenvalue weighted by molar-refractivity contribution is -0.0931. The molecule has 6 unspecified atom stereocenters. The number of anilines is 2. The highest BCUT2D eigenvalue weighted by Gasteiger charge is 2.60. The van der Waals surface area contributed by atoms with Crippen LogP contribution in [0.25, 0.3) is 0 Å². The van der Waals surface area contributed by atoms with Crippen LogP contribution in [0.3, 0.4) is 0 Å². The number of nitrogens with two attached hydrogens (primary N) is 2. The van der Waals surface area contributed by atoms with Crippen LogP contribution in [0.4, 0.5) is 11.6 Å². The fourth-order valence-electron chi connectivity index (χ4n) is 5.75. The predicted octanol–water partition coefficient (Wildman–Crippen LogP) is -3.55. The summed E-state index contributed by atoms with van der Waals surface area (Å²) >= 11 is 0. The molecule has 4 rings (SSSR count). The van der Waals surface area contributed by atoms with Crippen molar-refractivity contribution in [3.63, 3.8) is 0 Å². The molecule has 0 saturated carbocycles. The van der Waals surface area contributed by atoms with Crippen molar-refractivity contribution < 1.29 is 123 Å². The molecule has 4 heterocycles. The average molecular weight is 1070 g/mol. The number of terminal acetylenes is 1. The first-order valence-corrected chi connectivity index (χ1v) is 26.0. The van der Waals surface area contributed by atoms with Gasteiger partial charge in [0.2, 0.25) is 5.60 Å². The summed E-state index contributed by atoms with van der Waals surface area (Å²) in [5.74, 6) is 6.04. The van der Waals surface area contributed by atoms with Crippen molar-refractivity contribution in [2.75, 3.05) is 11.5 Å². The van der Waals surface area contributed by atoms with E-state index in [-0.39, 0.29) is 17.3 Å². The van der Waals surface area contributed by atoms with Gasteiger partial charge in [-0.25, -0.2) is 37.0 Å². The first-order chi connectivity index (χ1) is 29.7. The Labute approximate surface area is 367 Å². The summed E-state index contributed by atoms with van der Waals surface area (Å²) in [5, 5.41) is 46.4. The molecule has 0 aliphatic carbocycles. The van der Waals surface area contributed by atoms with E-state index in [2.05, 4.69) is 53.2 Å². The second-order valence-electron chi connectivity index (χ2n) is 13.2. The summed E-state index contributed by atoms with van der Waals surface area (Å²) in [7, 11) is -34.0. The highest BCUT2D eigenvalue weighted by molar-refractivity contribution is 7.67. The normalized spacial score (nSPS) is 30.1. The van der Waals surface area contributed by atoms with Crippen LogP contribution < -0.4 is 22.8 Å². The second-order valence-corrected chi connectivity index (χ2v) is 21.9. The van der Waals surface area contributed by atoms with Crippen LogP contribution in [0, 0.1) is 31.1 Å². The monoisotopic (exact) mass is 1070 g/mol. The van der Waals surface area contributed by atoms with E-state index in [1.807, 2.05) is 0 Å². The second kappa shape index (κ2) is 20.5. The highest BCUT2D eigenvalue weighted by atomic mass is 31.3. The van der Waals surface area contributed by atoms with Crippen LogP contribution in [-0.4, -0.2) is 132 Å². The van der Waals surface area contributed by atoms with Crippen LogP contribution in [0.15, 0.2) is 21.9 Å². The highest BCUT2D eigenvalue weighted by Crippen LogP contribution is 2.68. The number of ether oxygens (including phenoxy) is 2. The largest absolute Gasteiger partial charge is 0.490 e. The Morgan fingerprint density at radius 1 is 0.727 bits per heavy atom. The van der Waals surface area contributed by atoms with Crippen LogP contribution in [0.5, 0.6) is 0 Å². The molecule has 2 aromatic heterocycles. The van der Waals surface area contributed by atoms with E-state index in [4.69, 9.17) is 46.9 Å². The quantitative estimate of drug-likeness (QED) is 0.0572. The molecular weight excluding hydrogens is 1030 g/mol. The number of hydrogen-bond acceptors (Lipinski definition) is 25. The van der Waals surface area contributed by atoms with E-state index in [0.29, 0.717) is 4.68 Å². The van der Waals surface area contributed by atoms with Gasteiger partial charge in [-0.3, -0.25) is 13.6 Å². The lowest BCUT2D eigenvalue weighted by Crippen LogP contribution is -2.49. The van der Waals surface area contributed by atoms with Crippen molar-refractivity contribution in [3.8, 4) is 24.2 Å². The maximum Gasteiger partial charge on any atom is 0.490 e. The Kier molecular flexibility index (Phi) is 17.8. The summed E-state index contributed by atoms with van der Waals surface area (Å²) < 4.78 is 104. The Morgan fingerprint density at radius 2 is 1.15 bits per heavy atom. The summed E-state index contributed by atoms with van der Waals surface area (Å²) in [6.07, 6.45) is -8.51. The van der Waals surface area contributed by atoms with E-state index in [1.54, 1.807) is 5.92 Å². The van der Waals surface area contributed by atoms with Gasteiger partial charge >= 0.3 is 58.3 Å². The van der Waals surface area contributed by atoms with Gasteiger partial charge in [-0.05, 0) is 33.8 Å². The lowest BCUT2D eigenvalue weighted by Gasteiger charge is -2.28. The third-order valence-corrected chi connectivity index (χ3v) is 16.0. The molecule has 0 bridgehead atoms. The van der Waals surface area contributed by atoms with Gasteiger partial charge in [-0.15, -0.1) is 12.3 Å². The van der Waals surface area contributed by atoms with Crippen LogP contribution in [0.2, 0.25) is 0 Å². The number of rotatable bonds is 16. The molecule has 0 amide bonds. The van der Waals surface area contributed by atoms with Crippen molar-refractivity contribution in [1.29, 1.82) is 0 Å².